The Balaban J connectivity index is 1.71. The maximum Gasteiger partial charge on any atom is 0.365 e. The molecule has 0 saturated carbocycles. The van der Waals surface area contributed by atoms with E-state index in [1.807, 2.05) is 0 Å². The summed E-state index contributed by atoms with van der Waals surface area (Å²) in [4.78, 5) is 14.6. The van der Waals surface area contributed by atoms with Crippen molar-refractivity contribution in [3.05, 3.63) is 16.1 Å². The molecule has 1 fully saturated rings. The van der Waals surface area contributed by atoms with Crippen molar-refractivity contribution < 1.29 is 19.4 Å². The summed E-state index contributed by atoms with van der Waals surface area (Å²) in [6.45, 7) is 3.12. The molecule has 0 aromatic carbocycles. The first-order chi connectivity index (χ1) is 8.25. The quantitative estimate of drug-likeness (QED) is 0.793. The smallest absolute Gasteiger partial charge is 0.365 e. The van der Waals surface area contributed by atoms with Crippen LogP contribution < -0.4 is 5.32 Å². The molecule has 1 aromatic rings. The highest BCUT2D eigenvalue weighted by atomic mass is 32.1. The number of ether oxygens (including phenoxy) is 2. The number of nitrogens with zero attached hydrogens (tertiary/aromatic N) is 1. The second kappa shape index (κ2) is 6.06. The molecule has 0 spiro atoms. The summed E-state index contributed by atoms with van der Waals surface area (Å²) in [5.41, 5.74) is 0.740. The highest BCUT2D eigenvalue weighted by Gasteiger charge is 2.14. The van der Waals surface area contributed by atoms with E-state index in [0.717, 1.165) is 17.0 Å². The minimum Gasteiger partial charge on any atom is -0.476 e. The Kier molecular flexibility index (Phi) is 4.43. The van der Waals surface area contributed by atoms with Crippen LogP contribution in [0.25, 0.3) is 0 Å². The minimum atomic E-state index is -0.981. The van der Waals surface area contributed by atoms with E-state index in [9.17, 15) is 4.79 Å². The first kappa shape index (κ1) is 12.4. The molecule has 2 N–H and O–H groups in total. The number of aromatic nitrogens is 1. The lowest BCUT2D eigenvalue weighted by Gasteiger charge is -2.22. The molecule has 0 aliphatic carbocycles. The topological polar surface area (TPSA) is 80.7 Å². The minimum absolute atomic E-state index is 0.0707. The predicted octanol–water partition coefficient (Wildman–Crippen LogP) is 0.346. The van der Waals surface area contributed by atoms with Crippen molar-refractivity contribution in [3.8, 4) is 0 Å². The number of nitrogens with one attached hydrogen (secondary N) is 1. The maximum absolute atomic E-state index is 10.6. The highest BCUT2D eigenvalue weighted by molar-refractivity contribution is 7.11. The Morgan fingerprint density at radius 1 is 1.65 bits per heavy atom. The second-order valence-electron chi connectivity index (χ2n) is 3.65. The van der Waals surface area contributed by atoms with Crippen molar-refractivity contribution in [1.29, 1.82) is 0 Å². The van der Waals surface area contributed by atoms with Crippen LogP contribution >= 0.6 is 11.3 Å². The molecule has 1 aliphatic heterocycles. The van der Waals surface area contributed by atoms with Crippen LogP contribution in [-0.4, -0.2) is 48.5 Å². The Hall–Kier alpha value is -1.02. The summed E-state index contributed by atoms with van der Waals surface area (Å²) in [5.74, 6) is -0.981. The largest absolute Gasteiger partial charge is 0.476 e. The van der Waals surface area contributed by atoms with Crippen LogP contribution in [0.15, 0.2) is 5.38 Å². The van der Waals surface area contributed by atoms with Crippen molar-refractivity contribution in [2.75, 3.05) is 26.4 Å². The molecular formula is C10H14N2O4S. The molecule has 2 rings (SSSR count). The van der Waals surface area contributed by atoms with E-state index >= 15 is 0 Å². The molecule has 0 radical (unpaired) electrons. The third-order valence-corrected chi connectivity index (χ3v) is 3.18. The van der Waals surface area contributed by atoms with Crippen molar-refractivity contribution >= 4 is 17.3 Å². The fourth-order valence-electron chi connectivity index (χ4n) is 1.50. The van der Waals surface area contributed by atoms with E-state index in [2.05, 4.69) is 10.3 Å². The molecule has 17 heavy (non-hydrogen) atoms. The zero-order valence-electron chi connectivity index (χ0n) is 9.22. The fraction of sp³-hybridized carbons (Fsp3) is 0.600. The molecule has 1 unspecified atom stereocenters. The number of rotatable bonds is 5. The van der Waals surface area contributed by atoms with Gasteiger partial charge in [0.05, 0.1) is 31.6 Å². The van der Waals surface area contributed by atoms with E-state index in [4.69, 9.17) is 14.6 Å². The van der Waals surface area contributed by atoms with E-state index < -0.39 is 5.97 Å². The highest BCUT2D eigenvalue weighted by Crippen LogP contribution is 2.09. The molecule has 7 heteroatoms. The number of carboxylic acids is 1. The summed E-state index contributed by atoms with van der Waals surface area (Å²) in [5, 5.41) is 13.8. The normalized spacial score (nSPS) is 20.4. The fourth-order valence-corrected chi connectivity index (χ4v) is 2.16. The van der Waals surface area contributed by atoms with Gasteiger partial charge in [-0.1, -0.05) is 0 Å². The SMILES string of the molecule is O=C(O)c1nc(CNCC2COCCO2)cs1. The van der Waals surface area contributed by atoms with Gasteiger partial charge in [0.1, 0.15) is 0 Å². The monoisotopic (exact) mass is 258 g/mol. The summed E-state index contributed by atoms with van der Waals surface area (Å²) < 4.78 is 10.7. The van der Waals surface area contributed by atoms with Crippen LogP contribution in [0.1, 0.15) is 15.5 Å². The lowest BCUT2D eigenvalue weighted by atomic mass is 10.3. The molecule has 0 bridgehead atoms. The first-order valence-corrected chi connectivity index (χ1v) is 6.21. The lowest BCUT2D eigenvalue weighted by Crippen LogP contribution is -2.37. The molecule has 6 nitrogen and oxygen atoms in total. The average Bonchev–Trinajstić information content (AvgIpc) is 2.79. The van der Waals surface area contributed by atoms with Gasteiger partial charge in [0.2, 0.25) is 5.01 Å². The molecule has 1 aliphatic rings. The van der Waals surface area contributed by atoms with Crippen molar-refractivity contribution in [3.63, 3.8) is 0 Å². The van der Waals surface area contributed by atoms with Crippen LogP contribution in [0, 0.1) is 0 Å². The zero-order valence-corrected chi connectivity index (χ0v) is 10.0. The number of hydrogen-bond acceptors (Lipinski definition) is 6. The molecule has 1 atom stereocenters. The number of carbonyl (C=O) groups is 1. The molecule has 0 amide bonds. The average molecular weight is 258 g/mol. The number of thiazole rings is 1. The Morgan fingerprint density at radius 3 is 3.18 bits per heavy atom. The molecule has 1 aromatic heterocycles. The van der Waals surface area contributed by atoms with Crippen LogP contribution in [-0.2, 0) is 16.0 Å². The van der Waals surface area contributed by atoms with Gasteiger partial charge in [-0.05, 0) is 0 Å². The molecule has 1 saturated heterocycles. The standard InChI is InChI=1S/C10H14N2O4S/c13-10(14)9-12-7(6-17-9)3-11-4-8-5-15-1-2-16-8/h6,8,11H,1-5H2,(H,13,14). The second-order valence-corrected chi connectivity index (χ2v) is 4.51. The summed E-state index contributed by atoms with van der Waals surface area (Å²) in [6, 6.07) is 0. The van der Waals surface area contributed by atoms with Gasteiger partial charge >= 0.3 is 5.97 Å². The lowest BCUT2D eigenvalue weighted by molar-refractivity contribution is -0.0864. The van der Waals surface area contributed by atoms with E-state index in [1.165, 1.54) is 0 Å². The predicted molar refractivity (Wildman–Crippen MR) is 61.3 cm³/mol. The number of carboxylic acid groups (broad SMARTS) is 1. The van der Waals surface area contributed by atoms with Crippen molar-refractivity contribution in [2.24, 2.45) is 0 Å². The Morgan fingerprint density at radius 2 is 2.53 bits per heavy atom. The van der Waals surface area contributed by atoms with Gasteiger partial charge in [0, 0.05) is 18.5 Å². The van der Waals surface area contributed by atoms with Gasteiger partial charge in [-0.15, -0.1) is 11.3 Å². The van der Waals surface area contributed by atoms with Crippen LogP contribution in [0.3, 0.4) is 0 Å². The van der Waals surface area contributed by atoms with Gasteiger partial charge in [-0.25, -0.2) is 9.78 Å². The summed E-state index contributed by atoms with van der Waals surface area (Å²) >= 11 is 1.14. The number of aromatic carboxylic acids is 1. The van der Waals surface area contributed by atoms with Gasteiger partial charge in [-0.2, -0.15) is 0 Å². The van der Waals surface area contributed by atoms with Crippen molar-refractivity contribution in [2.45, 2.75) is 12.6 Å². The summed E-state index contributed by atoms with van der Waals surface area (Å²) in [6.07, 6.45) is 0.0707. The van der Waals surface area contributed by atoms with Crippen LogP contribution in [0.5, 0.6) is 0 Å². The Labute approximate surface area is 103 Å². The maximum atomic E-state index is 10.6. The Bertz CT molecular complexity index is 376. The van der Waals surface area contributed by atoms with E-state index in [1.54, 1.807) is 5.38 Å². The van der Waals surface area contributed by atoms with E-state index in [0.29, 0.717) is 32.9 Å². The third kappa shape index (κ3) is 3.74. The van der Waals surface area contributed by atoms with Crippen molar-refractivity contribution in [1.82, 2.24) is 10.3 Å². The molecular weight excluding hydrogens is 244 g/mol. The zero-order chi connectivity index (χ0) is 12.1. The van der Waals surface area contributed by atoms with Gasteiger partial charge < -0.3 is 19.9 Å². The third-order valence-electron chi connectivity index (χ3n) is 2.30. The molecule has 94 valence electrons. The first-order valence-electron chi connectivity index (χ1n) is 5.33. The van der Waals surface area contributed by atoms with Gasteiger partial charge in [0.15, 0.2) is 0 Å². The summed E-state index contributed by atoms with van der Waals surface area (Å²) in [7, 11) is 0. The molecule has 2 heterocycles. The van der Waals surface area contributed by atoms with Gasteiger partial charge in [-0.3, -0.25) is 0 Å². The number of hydrogen-bond donors (Lipinski definition) is 2. The van der Waals surface area contributed by atoms with Gasteiger partial charge in [0.25, 0.3) is 0 Å². The van der Waals surface area contributed by atoms with E-state index in [-0.39, 0.29) is 11.1 Å². The van der Waals surface area contributed by atoms with Crippen LogP contribution in [0.2, 0.25) is 0 Å². The van der Waals surface area contributed by atoms with Crippen LogP contribution in [0.4, 0.5) is 0 Å².